The van der Waals surface area contributed by atoms with Crippen LogP contribution in [0.25, 0.3) is 0 Å². The number of amides is 2. The van der Waals surface area contributed by atoms with Gasteiger partial charge in [0.2, 0.25) is 0 Å². The van der Waals surface area contributed by atoms with Gasteiger partial charge in [-0.3, -0.25) is 19.3 Å². The molecule has 0 saturated carbocycles. The summed E-state index contributed by atoms with van der Waals surface area (Å²) in [5, 5.41) is 4.17. The molecular weight excluding hydrogens is 411 g/mol. The van der Waals surface area contributed by atoms with Gasteiger partial charge in [-0.25, -0.2) is 0 Å². The molecule has 1 aliphatic rings. The molecule has 0 atom stereocenters. The summed E-state index contributed by atoms with van der Waals surface area (Å²) in [6.07, 6.45) is -2.23. The fraction of sp³-hybridized carbons (Fsp3) is 0.444. The summed E-state index contributed by atoms with van der Waals surface area (Å²) in [6.45, 7) is 2.86. The van der Waals surface area contributed by atoms with Gasteiger partial charge in [0.15, 0.2) is 5.69 Å². The third-order valence-corrected chi connectivity index (χ3v) is 4.76. The van der Waals surface area contributed by atoms with Crippen LogP contribution in [0.4, 0.5) is 13.2 Å². The van der Waals surface area contributed by atoms with E-state index in [-0.39, 0.29) is 37.9 Å². The van der Waals surface area contributed by atoms with Crippen LogP contribution in [0.2, 0.25) is 0 Å². The lowest BCUT2D eigenvalue weighted by atomic mass is 10.1. The zero-order chi connectivity index (χ0) is 20.5. The highest BCUT2D eigenvalue weighted by atomic mass is 35.5. The van der Waals surface area contributed by atoms with Crippen molar-refractivity contribution in [2.24, 2.45) is 7.05 Å². The van der Waals surface area contributed by atoms with Crippen molar-refractivity contribution < 1.29 is 22.8 Å². The number of pyridine rings is 1. The van der Waals surface area contributed by atoms with E-state index in [9.17, 15) is 22.8 Å². The van der Waals surface area contributed by atoms with E-state index in [0.29, 0.717) is 18.7 Å². The largest absolute Gasteiger partial charge is 0.417 e. The maximum atomic E-state index is 13.2. The van der Waals surface area contributed by atoms with Crippen molar-refractivity contribution in [1.82, 2.24) is 24.6 Å². The molecule has 2 aromatic rings. The van der Waals surface area contributed by atoms with E-state index in [2.05, 4.69) is 10.1 Å². The Morgan fingerprint density at radius 2 is 1.69 bits per heavy atom. The zero-order valence-electron chi connectivity index (χ0n) is 15.9. The van der Waals surface area contributed by atoms with Crippen molar-refractivity contribution in [2.45, 2.75) is 19.5 Å². The van der Waals surface area contributed by atoms with E-state index in [4.69, 9.17) is 0 Å². The predicted octanol–water partition coefficient (Wildman–Crippen LogP) is 2.55. The van der Waals surface area contributed by atoms with Gasteiger partial charge in [0, 0.05) is 51.3 Å². The molecule has 3 heterocycles. The van der Waals surface area contributed by atoms with Crippen molar-refractivity contribution in [3.8, 4) is 0 Å². The Hall–Kier alpha value is -2.62. The number of nitrogens with zero attached hydrogens (tertiary/aromatic N) is 5. The number of rotatable bonds is 2. The molecule has 0 aliphatic carbocycles. The summed E-state index contributed by atoms with van der Waals surface area (Å²) < 4.78 is 41.2. The van der Waals surface area contributed by atoms with Gasteiger partial charge >= 0.3 is 6.18 Å². The van der Waals surface area contributed by atoms with Crippen LogP contribution in [0.1, 0.15) is 38.5 Å². The van der Waals surface area contributed by atoms with Gasteiger partial charge in [-0.05, 0) is 25.5 Å². The smallest absolute Gasteiger partial charge is 0.337 e. The Morgan fingerprint density at radius 1 is 1.07 bits per heavy atom. The Kier molecular flexibility index (Phi) is 6.89. The van der Waals surface area contributed by atoms with E-state index in [1.807, 2.05) is 6.92 Å². The monoisotopic (exact) mass is 431 g/mol. The normalized spacial score (nSPS) is 14.9. The summed E-state index contributed by atoms with van der Waals surface area (Å²) in [6, 6.07) is 2.48. The van der Waals surface area contributed by atoms with Crippen LogP contribution in [-0.2, 0) is 13.2 Å². The van der Waals surface area contributed by atoms with Crippen molar-refractivity contribution in [1.29, 1.82) is 0 Å². The SMILES string of the molecule is Cc1cc(C(=O)N2CCCN(C(=O)c3cnccc3C(F)(F)F)CC2)nn1C.Cl. The van der Waals surface area contributed by atoms with Crippen molar-refractivity contribution in [3.63, 3.8) is 0 Å². The highest BCUT2D eigenvalue weighted by molar-refractivity contribution is 5.96. The quantitative estimate of drug-likeness (QED) is 0.732. The fourth-order valence-electron chi connectivity index (χ4n) is 3.13. The van der Waals surface area contributed by atoms with Gasteiger partial charge in [0.05, 0.1) is 11.1 Å². The highest BCUT2D eigenvalue weighted by Crippen LogP contribution is 2.32. The van der Waals surface area contributed by atoms with Crippen LogP contribution in [-0.4, -0.2) is 62.6 Å². The molecule has 11 heteroatoms. The average Bonchev–Trinajstić information content (AvgIpc) is 2.86. The Labute approximate surface area is 171 Å². The number of carbonyl (C=O) groups is 2. The Bertz CT molecular complexity index is 880. The van der Waals surface area contributed by atoms with E-state index >= 15 is 0 Å². The third kappa shape index (κ3) is 4.87. The van der Waals surface area contributed by atoms with E-state index < -0.39 is 23.2 Å². The lowest BCUT2D eigenvalue weighted by Crippen LogP contribution is -2.38. The molecule has 0 N–H and O–H groups in total. The number of aryl methyl sites for hydroxylation is 2. The summed E-state index contributed by atoms with van der Waals surface area (Å²) in [5.41, 5.74) is -0.332. The molecule has 0 radical (unpaired) electrons. The first-order chi connectivity index (χ1) is 13.2. The molecule has 2 aromatic heterocycles. The maximum absolute atomic E-state index is 13.2. The molecule has 3 rings (SSSR count). The Balaban J connectivity index is 0.00000300. The lowest BCUT2D eigenvalue weighted by molar-refractivity contribution is -0.138. The summed E-state index contributed by atoms with van der Waals surface area (Å²) in [7, 11) is 1.74. The number of carbonyl (C=O) groups excluding carboxylic acids is 2. The number of hydrogen-bond acceptors (Lipinski definition) is 4. The number of hydrogen-bond donors (Lipinski definition) is 0. The molecule has 2 amide bonds. The number of alkyl halides is 3. The van der Waals surface area contributed by atoms with Crippen molar-refractivity contribution in [3.05, 3.63) is 47.0 Å². The number of aromatic nitrogens is 3. The maximum Gasteiger partial charge on any atom is 0.417 e. The van der Waals surface area contributed by atoms with E-state index in [1.54, 1.807) is 22.7 Å². The minimum Gasteiger partial charge on any atom is -0.337 e. The van der Waals surface area contributed by atoms with Crippen molar-refractivity contribution >= 4 is 24.2 Å². The average molecular weight is 432 g/mol. The van der Waals surface area contributed by atoms with Crippen LogP contribution in [0.5, 0.6) is 0 Å². The van der Waals surface area contributed by atoms with Gasteiger partial charge in [-0.2, -0.15) is 18.3 Å². The zero-order valence-corrected chi connectivity index (χ0v) is 16.8. The molecule has 0 spiro atoms. The van der Waals surface area contributed by atoms with Crippen molar-refractivity contribution in [2.75, 3.05) is 26.2 Å². The molecule has 1 saturated heterocycles. The molecule has 0 aromatic carbocycles. The fourth-order valence-corrected chi connectivity index (χ4v) is 3.13. The van der Waals surface area contributed by atoms with Gasteiger partial charge < -0.3 is 9.80 Å². The minimum absolute atomic E-state index is 0. The van der Waals surface area contributed by atoms with Crippen LogP contribution >= 0.6 is 12.4 Å². The third-order valence-electron chi connectivity index (χ3n) is 4.76. The first kappa shape index (κ1) is 22.7. The molecule has 158 valence electrons. The number of halogens is 4. The second-order valence-corrected chi connectivity index (χ2v) is 6.65. The Morgan fingerprint density at radius 3 is 2.24 bits per heavy atom. The lowest BCUT2D eigenvalue weighted by Gasteiger charge is -2.23. The van der Waals surface area contributed by atoms with Crippen LogP contribution in [0.3, 0.4) is 0 Å². The summed E-state index contributed by atoms with van der Waals surface area (Å²) >= 11 is 0. The molecule has 7 nitrogen and oxygen atoms in total. The van der Waals surface area contributed by atoms with E-state index in [0.717, 1.165) is 24.2 Å². The van der Waals surface area contributed by atoms with Crippen LogP contribution in [0, 0.1) is 6.92 Å². The van der Waals surface area contributed by atoms with Gasteiger partial charge in [0.25, 0.3) is 11.8 Å². The molecular formula is C18H21ClF3N5O2. The first-order valence-corrected chi connectivity index (χ1v) is 8.79. The van der Waals surface area contributed by atoms with Gasteiger partial charge in [-0.1, -0.05) is 0 Å². The standard InChI is InChI=1S/C18H20F3N5O2.ClH/c1-12-10-15(23-24(12)2)17(28)26-7-3-6-25(8-9-26)16(27)13-11-22-5-4-14(13)18(19,20)21;/h4-5,10-11H,3,6-9H2,1-2H3;1H. The summed E-state index contributed by atoms with van der Waals surface area (Å²) in [4.78, 5) is 31.9. The van der Waals surface area contributed by atoms with Gasteiger partial charge in [0.1, 0.15) is 0 Å². The van der Waals surface area contributed by atoms with Crippen LogP contribution in [0.15, 0.2) is 24.5 Å². The second-order valence-electron chi connectivity index (χ2n) is 6.65. The molecule has 29 heavy (non-hydrogen) atoms. The predicted molar refractivity (Wildman–Crippen MR) is 101 cm³/mol. The van der Waals surface area contributed by atoms with Crippen LogP contribution < -0.4 is 0 Å². The first-order valence-electron chi connectivity index (χ1n) is 8.79. The highest BCUT2D eigenvalue weighted by Gasteiger charge is 2.36. The molecule has 1 aliphatic heterocycles. The second kappa shape index (κ2) is 8.81. The molecule has 1 fully saturated rings. The minimum atomic E-state index is -4.64. The van der Waals surface area contributed by atoms with E-state index in [1.165, 1.54) is 4.90 Å². The topological polar surface area (TPSA) is 71.3 Å². The molecule has 0 unspecified atom stereocenters. The van der Waals surface area contributed by atoms with Gasteiger partial charge in [-0.15, -0.1) is 12.4 Å². The molecule has 0 bridgehead atoms. The summed E-state index contributed by atoms with van der Waals surface area (Å²) in [5.74, 6) is -0.987.